The van der Waals surface area contributed by atoms with Gasteiger partial charge in [0.2, 0.25) is 0 Å². The third kappa shape index (κ3) is 2.11. The van der Waals surface area contributed by atoms with Crippen LogP contribution in [0.5, 0.6) is 0 Å². The quantitative estimate of drug-likeness (QED) is 0.615. The second kappa shape index (κ2) is 3.92. The summed E-state index contributed by atoms with van der Waals surface area (Å²) >= 11 is 0. The Kier molecular flexibility index (Phi) is 3.01. The number of nitro benzene ring substituents is 1. The van der Waals surface area contributed by atoms with E-state index in [1.807, 2.05) is 0 Å². The van der Waals surface area contributed by atoms with Crippen molar-refractivity contribution in [1.29, 1.82) is 0 Å². The third-order valence-corrected chi connectivity index (χ3v) is 2.09. The van der Waals surface area contributed by atoms with Crippen molar-refractivity contribution in [2.24, 2.45) is 5.90 Å². The first-order valence-electron chi connectivity index (χ1n) is 4.21. The van der Waals surface area contributed by atoms with E-state index in [0.29, 0.717) is 0 Å². The van der Waals surface area contributed by atoms with Gasteiger partial charge in [0.25, 0.3) is 5.69 Å². The minimum Gasteiger partial charge on any atom is -0.293 e. The Morgan fingerprint density at radius 2 is 2.13 bits per heavy atom. The van der Waals surface area contributed by atoms with Crippen LogP contribution >= 0.6 is 0 Å². The maximum absolute atomic E-state index is 13.5. The standard InChI is InChI=1S/C9H11FN2O3/c1-9(2,15-11)8-6(10)4-3-5-7(8)12(13)14/h3-5H,11H2,1-2H3. The van der Waals surface area contributed by atoms with Crippen molar-refractivity contribution in [2.45, 2.75) is 19.4 Å². The van der Waals surface area contributed by atoms with Gasteiger partial charge in [0.1, 0.15) is 11.4 Å². The zero-order chi connectivity index (χ0) is 11.6. The summed E-state index contributed by atoms with van der Waals surface area (Å²) in [6.45, 7) is 2.91. The number of hydrogen-bond acceptors (Lipinski definition) is 4. The first-order valence-corrected chi connectivity index (χ1v) is 4.21. The number of rotatable bonds is 3. The SMILES string of the molecule is CC(C)(ON)c1c(F)cccc1[N+](=O)[O-]. The molecule has 2 N–H and O–H groups in total. The molecule has 0 aliphatic heterocycles. The maximum atomic E-state index is 13.5. The summed E-state index contributed by atoms with van der Waals surface area (Å²) in [6.07, 6.45) is 0. The van der Waals surface area contributed by atoms with E-state index in [-0.39, 0.29) is 11.3 Å². The zero-order valence-electron chi connectivity index (χ0n) is 8.36. The van der Waals surface area contributed by atoms with Crippen molar-refractivity contribution in [3.05, 3.63) is 39.7 Å². The highest BCUT2D eigenvalue weighted by atomic mass is 19.1. The molecule has 6 heteroatoms. The van der Waals surface area contributed by atoms with Crippen LogP contribution in [0.25, 0.3) is 0 Å². The van der Waals surface area contributed by atoms with E-state index in [4.69, 9.17) is 5.90 Å². The molecule has 0 saturated carbocycles. The molecular formula is C9H11FN2O3. The summed E-state index contributed by atoms with van der Waals surface area (Å²) in [5, 5.41) is 10.7. The fourth-order valence-electron chi connectivity index (χ4n) is 1.32. The summed E-state index contributed by atoms with van der Waals surface area (Å²) in [5.41, 5.74) is -1.74. The van der Waals surface area contributed by atoms with Crippen LogP contribution in [0.4, 0.5) is 10.1 Å². The van der Waals surface area contributed by atoms with E-state index in [1.54, 1.807) is 0 Å². The Labute approximate surface area is 85.8 Å². The van der Waals surface area contributed by atoms with Crippen LogP contribution in [0.1, 0.15) is 19.4 Å². The number of benzene rings is 1. The molecule has 0 aromatic heterocycles. The predicted octanol–water partition coefficient (Wildman–Crippen LogP) is 1.86. The molecule has 15 heavy (non-hydrogen) atoms. The van der Waals surface area contributed by atoms with Gasteiger partial charge in [-0.2, -0.15) is 0 Å². The van der Waals surface area contributed by atoms with Crippen LogP contribution in [-0.2, 0) is 10.4 Å². The van der Waals surface area contributed by atoms with Crippen molar-refractivity contribution < 1.29 is 14.2 Å². The Morgan fingerprint density at radius 1 is 1.53 bits per heavy atom. The minimum absolute atomic E-state index is 0.155. The van der Waals surface area contributed by atoms with E-state index in [2.05, 4.69) is 4.84 Å². The van der Waals surface area contributed by atoms with E-state index in [9.17, 15) is 14.5 Å². The smallest absolute Gasteiger partial charge is 0.278 e. The van der Waals surface area contributed by atoms with Crippen LogP contribution in [0.2, 0.25) is 0 Å². The van der Waals surface area contributed by atoms with Gasteiger partial charge in [0.05, 0.1) is 10.5 Å². The molecule has 0 atom stereocenters. The molecule has 0 spiro atoms. The lowest BCUT2D eigenvalue weighted by molar-refractivity contribution is -0.387. The van der Waals surface area contributed by atoms with Crippen LogP contribution in [0, 0.1) is 15.9 Å². The predicted molar refractivity (Wildman–Crippen MR) is 51.4 cm³/mol. The van der Waals surface area contributed by atoms with Crippen molar-refractivity contribution in [3.8, 4) is 0 Å². The summed E-state index contributed by atoms with van der Waals surface area (Å²) in [5.74, 6) is 4.28. The lowest BCUT2D eigenvalue weighted by Crippen LogP contribution is -2.27. The molecule has 0 bridgehead atoms. The topological polar surface area (TPSA) is 78.4 Å². The van der Waals surface area contributed by atoms with Gasteiger partial charge in [0, 0.05) is 6.07 Å². The average Bonchev–Trinajstić information content (AvgIpc) is 2.17. The molecule has 0 heterocycles. The lowest BCUT2D eigenvalue weighted by Gasteiger charge is -2.22. The van der Waals surface area contributed by atoms with Crippen LogP contribution in [0.3, 0.4) is 0 Å². The minimum atomic E-state index is -1.24. The second-order valence-electron chi connectivity index (χ2n) is 3.52. The molecule has 1 rings (SSSR count). The molecule has 5 nitrogen and oxygen atoms in total. The highest BCUT2D eigenvalue weighted by Crippen LogP contribution is 2.33. The molecule has 0 radical (unpaired) electrons. The number of nitro groups is 1. The Hall–Kier alpha value is -1.53. The van der Waals surface area contributed by atoms with E-state index in [0.717, 1.165) is 6.07 Å². The summed E-state index contributed by atoms with van der Waals surface area (Å²) in [7, 11) is 0. The fourth-order valence-corrected chi connectivity index (χ4v) is 1.32. The molecular weight excluding hydrogens is 203 g/mol. The summed E-state index contributed by atoms with van der Waals surface area (Å²) in [4.78, 5) is 14.6. The van der Waals surface area contributed by atoms with Crippen molar-refractivity contribution in [2.75, 3.05) is 0 Å². The Balaban J connectivity index is 3.44. The van der Waals surface area contributed by atoms with Gasteiger partial charge in [-0.25, -0.2) is 10.3 Å². The van der Waals surface area contributed by atoms with Crippen LogP contribution in [-0.4, -0.2) is 4.92 Å². The molecule has 1 aromatic carbocycles. The maximum Gasteiger partial charge on any atom is 0.278 e. The molecule has 0 aliphatic rings. The van der Waals surface area contributed by atoms with Gasteiger partial charge >= 0.3 is 0 Å². The molecule has 1 aromatic rings. The average molecular weight is 214 g/mol. The van der Waals surface area contributed by atoms with Gasteiger partial charge < -0.3 is 0 Å². The molecule has 0 amide bonds. The first-order chi connectivity index (χ1) is 6.90. The van der Waals surface area contributed by atoms with E-state index < -0.39 is 16.3 Å². The first kappa shape index (κ1) is 11.5. The molecule has 82 valence electrons. The number of nitrogens with two attached hydrogens (primary N) is 1. The van der Waals surface area contributed by atoms with Crippen LogP contribution in [0.15, 0.2) is 18.2 Å². The summed E-state index contributed by atoms with van der Waals surface area (Å²) < 4.78 is 13.5. The highest BCUT2D eigenvalue weighted by molar-refractivity contribution is 5.44. The molecule has 0 saturated heterocycles. The molecule has 0 aliphatic carbocycles. The number of halogens is 1. The Bertz CT molecular complexity index is 393. The van der Waals surface area contributed by atoms with Crippen molar-refractivity contribution in [3.63, 3.8) is 0 Å². The monoisotopic (exact) mass is 214 g/mol. The molecule has 0 fully saturated rings. The third-order valence-electron chi connectivity index (χ3n) is 2.09. The van der Waals surface area contributed by atoms with Gasteiger partial charge in [-0.05, 0) is 19.9 Å². The highest BCUT2D eigenvalue weighted by Gasteiger charge is 2.32. The van der Waals surface area contributed by atoms with Gasteiger partial charge in [-0.15, -0.1) is 0 Å². The second-order valence-corrected chi connectivity index (χ2v) is 3.52. The zero-order valence-corrected chi connectivity index (χ0v) is 8.36. The fraction of sp³-hybridized carbons (Fsp3) is 0.333. The van der Waals surface area contributed by atoms with Crippen LogP contribution < -0.4 is 5.90 Å². The normalized spacial score (nSPS) is 11.5. The number of hydrogen-bond donors (Lipinski definition) is 1. The van der Waals surface area contributed by atoms with Crippen molar-refractivity contribution >= 4 is 5.69 Å². The largest absolute Gasteiger partial charge is 0.293 e. The molecule has 0 unspecified atom stereocenters. The van der Waals surface area contributed by atoms with E-state index >= 15 is 0 Å². The van der Waals surface area contributed by atoms with E-state index in [1.165, 1.54) is 26.0 Å². The van der Waals surface area contributed by atoms with Gasteiger partial charge in [0.15, 0.2) is 0 Å². The summed E-state index contributed by atoms with van der Waals surface area (Å²) in [6, 6.07) is 3.60. The Morgan fingerprint density at radius 3 is 2.60 bits per heavy atom. The van der Waals surface area contributed by atoms with Gasteiger partial charge in [-0.3, -0.25) is 15.0 Å². The van der Waals surface area contributed by atoms with Crippen molar-refractivity contribution in [1.82, 2.24) is 0 Å². The van der Waals surface area contributed by atoms with Gasteiger partial charge in [-0.1, -0.05) is 6.07 Å². The lowest BCUT2D eigenvalue weighted by atomic mass is 9.96. The number of nitrogens with zero attached hydrogens (tertiary/aromatic N) is 1.